The number of benzene rings is 2. The molecule has 1 aliphatic heterocycles. The maximum absolute atomic E-state index is 13.4. The molecule has 2 aliphatic rings. The monoisotopic (exact) mass is 451 g/mol. The molecule has 0 bridgehead atoms. The van der Waals surface area contributed by atoms with E-state index < -0.39 is 0 Å². The second-order valence-corrected chi connectivity index (χ2v) is 10.3. The quantitative estimate of drug-likeness (QED) is 0.533. The molecule has 1 saturated carbocycles. The first-order valence-electron chi connectivity index (χ1n) is 12.2. The van der Waals surface area contributed by atoms with Crippen LogP contribution in [0.5, 0.6) is 5.75 Å². The third-order valence-electron chi connectivity index (χ3n) is 6.97. The number of rotatable bonds is 10. The number of fused-ring (bicyclic) bond motifs is 1. The number of hydrogen-bond donors (Lipinski definition) is 1. The topological polar surface area (TPSA) is 27.7 Å². The molecule has 1 aliphatic carbocycles. The van der Waals surface area contributed by atoms with Crippen molar-refractivity contribution in [3.8, 4) is 5.75 Å². The highest BCUT2D eigenvalue weighted by atomic mass is 19.1. The fourth-order valence-electron chi connectivity index (χ4n) is 5.26. The van der Waals surface area contributed by atoms with E-state index in [1.165, 1.54) is 31.5 Å². The van der Waals surface area contributed by atoms with Gasteiger partial charge in [0.05, 0.1) is 12.4 Å². The van der Waals surface area contributed by atoms with E-state index in [0.717, 1.165) is 42.1 Å². The number of nitrogens with one attached hydrogen (secondary N) is 1. The summed E-state index contributed by atoms with van der Waals surface area (Å²) in [6, 6.07) is 15.6. The maximum Gasteiger partial charge on any atom is 0.123 e. The minimum absolute atomic E-state index is 0.193. The van der Waals surface area contributed by atoms with E-state index in [9.17, 15) is 4.39 Å². The van der Waals surface area contributed by atoms with Crippen molar-refractivity contribution < 1.29 is 9.13 Å². The predicted molar refractivity (Wildman–Crippen MR) is 132 cm³/mol. The van der Waals surface area contributed by atoms with Gasteiger partial charge < -0.3 is 19.9 Å². The van der Waals surface area contributed by atoms with Crippen LogP contribution in [0.3, 0.4) is 0 Å². The van der Waals surface area contributed by atoms with Crippen molar-refractivity contribution in [3.05, 3.63) is 77.9 Å². The molecule has 5 heteroatoms. The summed E-state index contributed by atoms with van der Waals surface area (Å²) in [5, 5.41) is 3.56. The zero-order valence-corrected chi connectivity index (χ0v) is 20.3. The van der Waals surface area contributed by atoms with Crippen LogP contribution in [0.4, 0.5) is 4.39 Å². The molecule has 0 amide bonds. The summed E-state index contributed by atoms with van der Waals surface area (Å²) < 4.78 is 19.2. The minimum Gasteiger partial charge on any atom is -0.493 e. The highest BCUT2D eigenvalue weighted by Crippen LogP contribution is 2.40. The van der Waals surface area contributed by atoms with Crippen molar-refractivity contribution in [3.63, 3.8) is 0 Å². The molecule has 178 valence electrons. The second-order valence-electron chi connectivity index (χ2n) is 10.3. The van der Waals surface area contributed by atoms with E-state index in [4.69, 9.17) is 4.74 Å². The SMILES string of the molecule is C=C(NCc1ccc(OCC(C)C)cc1)N(Cc1ccc(F)cc1)C1CC2CN(C)CC2C1. The molecule has 1 N–H and O–H groups in total. The zero-order valence-electron chi connectivity index (χ0n) is 20.3. The number of likely N-dealkylation sites (tertiary alicyclic amines) is 1. The molecule has 4 nitrogen and oxygen atoms in total. The Morgan fingerprint density at radius 3 is 2.27 bits per heavy atom. The Balaban J connectivity index is 1.39. The largest absolute Gasteiger partial charge is 0.493 e. The Bertz CT molecular complexity index is 898. The van der Waals surface area contributed by atoms with Crippen LogP contribution in [-0.4, -0.2) is 42.6 Å². The summed E-state index contributed by atoms with van der Waals surface area (Å²) >= 11 is 0. The number of nitrogens with zero attached hydrogens (tertiary/aromatic N) is 2. The van der Waals surface area contributed by atoms with E-state index in [2.05, 4.69) is 54.7 Å². The lowest BCUT2D eigenvalue weighted by Crippen LogP contribution is -2.38. The molecular formula is C28H38FN3O. The Morgan fingerprint density at radius 1 is 1.06 bits per heavy atom. The molecule has 0 spiro atoms. The van der Waals surface area contributed by atoms with E-state index >= 15 is 0 Å². The third kappa shape index (κ3) is 6.29. The minimum atomic E-state index is -0.193. The number of halogens is 1. The van der Waals surface area contributed by atoms with Gasteiger partial charge in [-0.2, -0.15) is 0 Å². The molecule has 2 fully saturated rings. The van der Waals surface area contributed by atoms with Crippen LogP contribution in [0.15, 0.2) is 60.9 Å². The number of ether oxygens (including phenoxy) is 1. The van der Waals surface area contributed by atoms with Gasteiger partial charge >= 0.3 is 0 Å². The first kappa shape index (κ1) is 23.6. The average Bonchev–Trinajstić information content (AvgIpc) is 3.33. The maximum atomic E-state index is 13.4. The van der Waals surface area contributed by atoms with Crippen molar-refractivity contribution in [1.82, 2.24) is 15.1 Å². The van der Waals surface area contributed by atoms with Crippen LogP contribution in [0.25, 0.3) is 0 Å². The summed E-state index contributed by atoms with van der Waals surface area (Å²) in [6.07, 6.45) is 2.39. The fraction of sp³-hybridized carbons (Fsp3) is 0.500. The summed E-state index contributed by atoms with van der Waals surface area (Å²) in [7, 11) is 2.23. The molecule has 2 aromatic carbocycles. The van der Waals surface area contributed by atoms with E-state index in [-0.39, 0.29) is 5.82 Å². The normalized spacial score (nSPS) is 22.4. The first-order valence-corrected chi connectivity index (χ1v) is 12.2. The predicted octanol–water partition coefficient (Wildman–Crippen LogP) is 5.26. The van der Waals surface area contributed by atoms with Crippen LogP contribution in [0.1, 0.15) is 37.8 Å². The lowest BCUT2D eigenvalue weighted by atomic mass is 10.0. The van der Waals surface area contributed by atoms with Gasteiger partial charge in [-0.15, -0.1) is 0 Å². The summed E-state index contributed by atoms with van der Waals surface area (Å²) in [6.45, 7) is 13.3. The zero-order chi connectivity index (χ0) is 23.4. The molecule has 33 heavy (non-hydrogen) atoms. The van der Waals surface area contributed by atoms with Crippen molar-refractivity contribution in [1.29, 1.82) is 0 Å². The fourth-order valence-corrected chi connectivity index (χ4v) is 5.26. The van der Waals surface area contributed by atoms with E-state index in [1.807, 2.05) is 24.3 Å². The van der Waals surface area contributed by atoms with Gasteiger partial charge in [-0.25, -0.2) is 4.39 Å². The van der Waals surface area contributed by atoms with Crippen molar-refractivity contribution >= 4 is 0 Å². The molecule has 1 saturated heterocycles. The van der Waals surface area contributed by atoms with Gasteiger partial charge in [-0.1, -0.05) is 44.7 Å². The van der Waals surface area contributed by atoms with E-state index in [0.29, 0.717) is 18.5 Å². The van der Waals surface area contributed by atoms with Gasteiger partial charge in [0, 0.05) is 32.2 Å². The van der Waals surface area contributed by atoms with Crippen molar-refractivity contribution in [2.45, 2.75) is 45.8 Å². The average molecular weight is 452 g/mol. The molecule has 2 atom stereocenters. The summed E-state index contributed by atoms with van der Waals surface area (Å²) in [5.41, 5.74) is 2.31. The molecule has 1 heterocycles. The highest BCUT2D eigenvalue weighted by Gasteiger charge is 2.41. The third-order valence-corrected chi connectivity index (χ3v) is 6.97. The van der Waals surface area contributed by atoms with Crippen molar-refractivity contribution in [2.24, 2.45) is 17.8 Å². The molecule has 2 unspecified atom stereocenters. The molecule has 0 radical (unpaired) electrons. The van der Waals surface area contributed by atoms with Gasteiger partial charge in [0.15, 0.2) is 0 Å². The Hall–Kier alpha value is -2.53. The van der Waals surface area contributed by atoms with Crippen LogP contribution in [-0.2, 0) is 13.1 Å². The Morgan fingerprint density at radius 2 is 1.67 bits per heavy atom. The van der Waals surface area contributed by atoms with Gasteiger partial charge in [-0.05, 0) is 73.0 Å². The Labute approximate surface area is 198 Å². The second kappa shape index (κ2) is 10.6. The van der Waals surface area contributed by atoms with Crippen LogP contribution < -0.4 is 10.1 Å². The molecular weight excluding hydrogens is 413 g/mol. The van der Waals surface area contributed by atoms with Crippen LogP contribution >= 0.6 is 0 Å². The molecule has 0 aromatic heterocycles. The number of hydrogen-bond acceptors (Lipinski definition) is 4. The van der Waals surface area contributed by atoms with Crippen molar-refractivity contribution in [2.75, 3.05) is 26.7 Å². The van der Waals surface area contributed by atoms with Gasteiger partial charge in [-0.3, -0.25) is 0 Å². The highest BCUT2D eigenvalue weighted by molar-refractivity contribution is 5.27. The molecule has 4 rings (SSSR count). The molecule has 2 aromatic rings. The smallest absolute Gasteiger partial charge is 0.123 e. The lowest BCUT2D eigenvalue weighted by molar-refractivity contribution is 0.212. The first-order chi connectivity index (χ1) is 15.9. The summed E-state index contributed by atoms with van der Waals surface area (Å²) in [5.74, 6) is 3.70. The van der Waals surface area contributed by atoms with Gasteiger partial charge in [0.25, 0.3) is 0 Å². The van der Waals surface area contributed by atoms with Gasteiger partial charge in [0.1, 0.15) is 11.6 Å². The summed E-state index contributed by atoms with van der Waals surface area (Å²) in [4.78, 5) is 4.86. The lowest BCUT2D eigenvalue weighted by Gasteiger charge is -2.34. The van der Waals surface area contributed by atoms with Crippen LogP contribution in [0.2, 0.25) is 0 Å². The van der Waals surface area contributed by atoms with Gasteiger partial charge in [0.2, 0.25) is 0 Å². The van der Waals surface area contributed by atoms with E-state index in [1.54, 1.807) is 12.1 Å². The van der Waals surface area contributed by atoms with Crippen LogP contribution in [0, 0.1) is 23.6 Å². The Kier molecular flexibility index (Phi) is 7.59. The standard InChI is InChI=1S/C28H38FN3O/c1-20(2)19-33-28-11-7-22(8-12-28)15-30-21(3)32(16-23-5-9-26(29)10-6-23)27-13-24-17-31(4)18-25(24)14-27/h5-12,20,24-25,27,30H,3,13-19H2,1-2,4H3.